The van der Waals surface area contributed by atoms with Crippen LogP contribution in [0.4, 0.5) is 0 Å². The molecule has 1 N–H and O–H groups in total. The molecule has 24 heavy (non-hydrogen) atoms. The molecule has 0 saturated carbocycles. The van der Waals surface area contributed by atoms with E-state index in [2.05, 4.69) is 4.98 Å². The van der Waals surface area contributed by atoms with Crippen LogP contribution < -0.4 is 4.74 Å². The Morgan fingerprint density at radius 1 is 1.12 bits per heavy atom. The monoisotopic (exact) mass is 324 g/mol. The van der Waals surface area contributed by atoms with E-state index < -0.39 is 5.97 Å². The second kappa shape index (κ2) is 6.54. The van der Waals surface area contributed by atoms with Gasteiger partial charge in [0.2, 0.25) is 0 Å². The number of carbonyl (C=O) groups is 2. The van der Waals surface area contributed by atoms with Gasteiger partial charge in [0, 0.05) is 5.56 Å². The number of aromatic nitrogens is 2. The number of ether oxygens (including phenoxy) is 1. The number of nitrogens with zero attached hydrogens (tertiary/aromatic N) is 2. The molecule has 6 nitrogen and oxygen atoms in total. The Kier molecular flexibility index (Phi) is 4.29. The third-order valence-electron chi connectivity index (χ3n) is 3.66. The predicted octanol–water partition coefficient (Wildman–Crippen LogP) is 2.90. The summed E-state index contributed by atoms with van der Waals surface area (Å²) in [5, 5.41) is 9.12. The zero-order chi connectivity index (χ0) is 17.1. The summed E-state index contributed by atoms with van der Waals surface area (Å²) in [4.78, 5) is 26.8. The summed E-state index contributed by atoms with van der Waals surface area (Å²) in [5.41, 5.74) is 2.09. The van der Waals surface area contributed by atoms with E-state index in [4.69, 9.17) is 9.84 Å². The van der Waals surface area contributed by atoms with Crippen LogP contribution in [0, 0.1) is 0 Å². The fourth-order valence-corrected chi connectivity index (χ4v) is 2.48. The molecule has 0 atom stereocenters. The minimum Gasteiger partial charge on any atom is -0.486 e. The highest BCUT2D eigenvalue weighted by atomic mass is 16.5. The third kappa shape index (κ3) is 3.27. The number of carbonyl (C=O) groups excluding carboxylic acids is 1. The van der Waals surface area contributed by atoms with Gasteiger partial charge in [-0.15, -0.1) is 0 Å². The lowest BCUT2D eigenvalue weighted by Gasteiger charge is -2.09. The quantitative estimate of drug-likeness (QED) is 0.705. The van der Waals surface area contributed by atoms with E-state index in [9.17, 15) is 9.59 Å². The Morgan fingerprint density at radius 2 is 1.83 bits per heavy atom. The van der Waals surface area contributed by atoms with Gasteiger partial charge in [0.1, 0.15) is 24.7 Å². The first-order chi connectivity index (χ1) is 11.5. The minimum atomic E-state index is -0.940. The number of benzene rings is 2. The minimum absolute atomic E-state index is 0.00944. The highest BCUT2D eigenvalue weighted by molar-refractivity contribution is 5.94. The van der Waals surface area contributed by atoms with Crippen LogP contribution in [0.2, 0.25) is 0 Å². The van der Waals surface area contributed by atoms with Crippen molar-refractivity contribution in [2.45, 2.75) is 20.1 Å². The van der Waals surface area contributed by atoms with Crippen molar-refractivity contribution in [2.24, 2.45) is 0 Å². The Labute approximate surface area is 138 Å². The molecular formula is C18H16N2O4. The van der Waals surface area contributed by atoms with Gasteiger partial charge in [-0.05, 0) is 43.3 Å². The van der Waals surface area contributed by atoms with Crippen molar-refractivity contribution < 1.29 is 19.4 Å². The summed E-state index contributed by atoms with van der Waals surface area (Å²) in [7, 11) is 0. The molecule has 3 rings (SSSR count). The van der Waals surface area contributed by atoms with Gasteiger partial charge >= 0.3 is 5.97 Å². The van der Waals surface area contributed by atoms with Gasteiger partial charge in [0.15, 0.2) is 5.78 Å². The number of ketones is 1. The first-order valence-electron chi connectivity index (χ1n) is 7.44. The van der Waals surface area contributed by atoms with Crippen LogP contribution >= 0.6 is 0 Å². The van der Waals surface area contributed by atoms with E-state index in [1.807, 2.05) is 24.3 Å². The average Bonchev–Trinajstić information content (AvgIpc) is 2.90. The normalized spacial score (nSPS) is 10.7. The molecule has 0 amide bonds. The molecule has 0 aliphatic heterocycles. The first kappa shape index (κ1) is 15.7. The van der Waals surface area contributed by atoms with Crippen molar-refractivity contribution in [3.63, 3.8) is 0 Å². The number of hydrogen-bond acceptors (Lipinski definition) is 4. The molecule has 0 radical (unpaired) electrons. The second-order valence-electron chi connectivity index (χ2n) is 5.37. The van der Waals surface area contributed by atoms with Gasteiger partial charge in [-0.25, -0.2) is 4.98 Å². The van der Waals surface area contributed by atoms with E-state index in [0.717, 1.165) is 11.0 Å². The Balaban J connectivity index is 1.84. The van der Waals surface area contributed by atoms with Crippen molar-refractivity contribution in [1.29, 1.82) is 0 Å². The van der Waals surface area contributed by atoms with E-state index in [1.165, 1.54) is 6.92 Å². The van der Waals surface area contributed by atoms with Gasteiger partial charge in [0.05, 0.1) is 11.0 Å². The molecule has 2 aromatic carbocycles. The van der Waals surface area contributed by atoms with E-state index in [0.29, 0.717) is 17.1 Å². The molecule has 0 spiro atoms. The molecule has 0 bridgehead atoms. The smallest absolute Gasteiger partial charge is 0.323 e. The fourth-order valence-electron chi connectivity index (χ4n) is 2.48. The molecule has 1 aromatic heterocycles. The van der Waals surface area contributed by atoms with Crippen LogP contribution in [-0.4, -0.2) is 26.4 Å². The van der Waals surface area contributed by atoms with Crippen LogP contribution in [0.1, 0.15) is 23.1 Å². The maximum absolute atomic E-state index is 11.3. The number of carboxylic acids is 1. The summed E-state index contributed by atoms with van der Waals surface area (Å²) in [6.07, 6.45) is 0. The van der Waals surface area contributed by atoms with Gasteiger partial charge in [-0.2, -0.15) is 0 Å². The SMILES string of the molecule is CC(=O)c1ccc(OCc2nc3ccccc3n2CC(=O)O)cc1. The number of imidazole rings is 1. The average molecular weight is 324 g/mol. The first-order valence-corrected chi connectivity index (χ1v) is 7.44. The summed E-state index contributed by atoms with van der Waals surface area (Å²) < 4.78 is 7.32. The van der Waals surface area contributed by atoms with Crippen molar-refractivity contribution >= 4 is 22.8 Å². The molecule has 0 fully saturated rings. The molecule has 3 aromatic rings. The summed E-state index contributed by atoms with van der Waals surface area (Å²) in [6.45, 7) is 1.47. The number of Topliss-reactive ketones (excluding diaryl/α,β-unsaturated/α-hetero) is 1. The molecule has 122 valence electrons. The summed E-state index contributed by atoms with van der Waals surface area (Å²) in [5.74, 6) is 0.179. The number of rotatable bonds is 6. The van der Waals surface area contributed by atoms with Crippen molar-refractivity contribution in [2.75, 3.05) is 0 Å². The highest BCUT2D eigenvalue weighted by Gasteiger charge is 2.13. The third-order valence-corrected chi connectivity index (χ3v) is 3.66. The highest BCUT2D eigenvalue weighted by Crippen LogP contribution is 2.19. The molecular weight excluding hydrogens is 308 g/mol. The van der Waals surface area contributed by atoms with E-state index in [-0.39, 0.29) is 18.9 Å². The molecule has 6 heteroatoms. The lowest BCUT2D eigenvalue weighted by Crippen LogP contribution is -2.13. The lowest BCUT2D eigenvalue weighted by molar-refractivity contribution is -0.137. The zero-order valence-corrected chi connectivity index (χ0v) is 13.1. The van der Waals surface area contributed by atoms with Crippen molar-refractivity contribution in [3.8, 4) is 5.75 Å². The lowest BCUT2D eigenvalue weighted by atomic mass is 10.1. The van der Waals surface area contributed by atoms with Crippen LogP contribution in [0.25, 0.3) is 11.0 Å². The van der Waals surface area contributed by atoms with Gasteiger partial charge in [-0.3, -0.25) is 9.59 Å². The standard InChI is InChI=1S/C18H16N2O4/c1-12(21)13-6-8-14(9-7-13)24-11-17-19-15-4-2-3-5-16(15)20(17)10-18(22)23/h2-9H,10-11H2,1H3,(H,22,23). The molecule has 1 heterocycles. The zero-order valence-electron chi connectivity index (χ0n) is 13.1. The maximum atomic E-state index is 11.3. The van der Waals surface area contributed by atoms with Crippen molar-refractivity contribution in [1.82, 2.24) is 9.55 Å². The predicted molar refractivity (Wildman–Crippen MR) is 88.1 cm³/mol. The topological polar surface area (TPSA) is 81.4 Å². The Morgan fingerprint density at radius 3 is 2.50 bits per heavy atom. The largest absolute Gasteiger partial charge is 0.486 e. The van der Waals surface area contributed by atoms with Gasteiger partial charge < -0.3 is 14.4 Å². The van der Waals surface area contributed by atoms with Crippen LogP contribution in [-0.2, 0) is 17.9 Å². The van der Waals surface area contributed by atoms with E-state index in [1.54, 1.807) is 28.8 Å². The van der Waals surface area contributed by atoms with E-state index >= 15 is 0 Å². The van der Waals surface area contributed by atoms with Crippen LogP contribution in [0.5, 0.6) is 5.75 Å². The summed E-state index contributed by atoms with van der Waals surface area (Å²) in [6, 6.07) is 14.2. The number of para-hydroxylation sites is 2. The molecule has 0 aliphatic carbocycles. The number of hydrogen-bond donors (Lipinski definition) is 1. The fraction of sp³-hybridized carbons (Fsp3) is 0.167. The number of fused-ring (bicyclic) bond motifs is 1. The molecule has 0 aliphatic rings. The van der Waals surface area contributed by atoms with Crippen LogP contribution in [0.15, 0.2) is 48.5 Å². The Hall–Kier alpha value is -3.15. The number of carboxylic acid groups (broad SMARTS) is 1. The maximum Gasteiger partial charge on any atom is 0.323 e. The number of aliphatic carboxylic acids is 1. The Bertz CT molecular complexity index is 897. The summed E-state index contributed by atoms with van der Waals surface area (Å²) >= 11 is 0. The molecule has 0 saturated heterocycles. The van der Waals surface area contributed by atoms with Gasteiger partial charge in [0.25, 0.3) is 0 Å². The molecule has 0 unspecified atom stereocenters. The van der Waals surface area contributed by atoms with Gasteiger partial charge in [-0.1, -0.05) is 12.1 Å². The van der Waals surface area contributed by atoms with Crippen LogP contribution in [0.3, 0.4) is 0 Å². The van der Waals surface area contributed by atoms with Crippen molar-refractivity contribution in [3.05, 3.63) is 59.9 Å². The second-order valence-corrected chi connectivity index (χ2v) is 5.37.